The van der Waals surface area contributed by atoms with Crippen LogP contribution in [0.15, 0.2) is 28.2 Å². The van der Waals surface area contributed by atoms with Gasteiger partial charge in [0.25, 0.3) is 5.91 Å². The van der Waals surface area contributed by atoms with Crippen molar-refractivity contribution >= 4 is 23.9 Å². The van der Waals surface area contributed by atoms with Gasteiger partial charge in [0, 0.05) is 43.9 Å². The van der Waals surface area contributed by atoms with Crippen molar-refractivity contribution in [2.45, 2.75) is 88.9 Å². The van der Waals surface area contributed by atoms with Crippen LogP contribution in [0.1, 0.15) is 80.1 Å². The van der Waals surface area contributed by atoms with Crippen LogP contribution < -0.4 is 10.5 Å². The number of nitrogens with two attached hydrogens (primary N) is 1. The van der Waals surface area contributed by atoms with Crippen LogP contribution in [-0.2, 0) is 16.1 Å². The van der Waals surface area contributed by atoms with Crippen molar-refractivity contribution in [2.24, 2.45) is 27.1 Å². The number of ether oxygens (including phenoxy) is 2. The van der Waals surface area contributed by atoms with Crippen LogP contribution in [0.5, 0.6) is 5.75 Å². The van der Waals surface area contributed by atoms with Gasteiger partial charge in [0.1, 0.15) is 17.7 Å². The molecular weight excluding hydrogens is 456 g/mol. The first-order valence-corrected chi connectivity index (χ1v) is 13.6. The van der Waals surface area contributed by atoms with Gasteiger partial charge in [0.05, 0.1) is 12.1 Å². The van der Waals surface area contributed by atoms with Gasteiger partial charge >= 0.3 is 0 Å². The normalized spacial score (nSPS) is 30.4. The first kappa shape index (κ1) is 23.6. The highest BCUT2D eigenvalue weighted by Gasteiger charge is 2.45. The zero-order chi connectivity index (χ0) is 24.7. The second kappa shape index (κ2) is 9.61. The summed E-state index contributed by atoms with van der Waals surface area (Å²) in [5, 5.41) is 0. The summed E-state index contributed by atoms with van der Waals surface area (Å²) in [6.07, 6.45) is 12.4. The van der Waals surface area contributed by atoms with Crippen molar-refractivity contribution in [2.75, 3.05) is 13.2 Å². The average molecular weight is 493 g/mol. The second-order valence-electron chi connectivity index (χ2n) is 11.3. The number of benzene rings is 1. The molecule has 1 saturated heterocycles. The van der Waals surface area contributed by atoms with E-state index in [0.717, 1.165) is 43.8 Å². The molecule has 2 amide bonds. The number of carbonyl (C=O) groups is 2. The molecule has 8 nitrogen and oxygen atoms in total. The molecule has 3 aliphatic heterocycles. The molecule has 1 aromatic rings. The Balaban J connectivity index is 1.10. The van der Waals surface area contributed by atoms with Gasteiger partial charge in [-0.15, -0.1) is 0 Å². The Morgan fingerprint density at radius 3 is 2.75 bits per heavy atom. The predicted molar refractivity (Wildman–Crippen MR) is 136 cm³/mol. The fraction of sp³-hybridized carbons (Fsp3) is 0.643. The first-order valence-electron chi connectivity index (χ1n) is 13.6. The van der Waals surface area contributed by atoms with Crippen LogP contribution in [0, 0.1) is 11.3 Å². The molecule has 3 atom stereocenters. The van der Waals surface area contributed by atoms with Crippen LogP contribution in [0.3, 0.4) is 0 Å². The van der Waals surface area contributed by atoms with Crippen molar-refractivity contribution < 1.29 is 19.1 Å². The Bertz CT molecular complexity index is 1090. The lowest BCUT2D eigenvalue weighted by molar-refractivity contribution is -0.118. The molecule has 192 valence electrons. The average Bonchev–Trinajstić information content (AvgIpc) is 3.18. The summed E-state index contributed by atoms with van der Waals surface area (Å²) in [7, 11) is 0. The van der Waals surface area contributed by atoms with Crippen molar-refractivity contribution in [3.05, 3.63) is 29.3 Å². The lowest BCUT2D eigenvalue weighted by Crippen LogP contribution is -2.47. The predicted octanol–water partition coefficient (Wildman–Crippen LogP) is 3.66. The summed E-state index contributed by atoms with van der Waals surface area (Å²) in [4.78, 5) is 35.2. The van der Waals surface area contributed by atoms with Crippen molar-refractivity contribution in [3.63, 3.8) is 0 Å². The van der Waals surface area contributed by atoms with E-state index in [-0.39, 0.29) is 29.8 Å². The summed E-state index contributed by atoms with van der Waals surface area (Å²) in [6, 6.07) is 5.90. The number of nitrogens with zero attached hydrogens (tertiary/aromatic N) is 3. The Morgan fingerprint density at radius 1 is 1.14 bits per heavy atom. The van der Waals surface area contributed by atoms with Crippen LogP contribution in [0.4, 0.5) is 0 Å². The maximum atomic E-state index is 13.0. The van der Waals surface area contributed by atoms with Gasteiger partial charge in [-0.3, -0.25) is 14.6 Å². The lowest BCUT2D eigenvalue weighted by Gasteiger charge is -2.48. The molecule has 3 fully saturated rings. The molecular formula is C28H36N4O4. The van der Waals surface area contributed by atoms with E-state index < -0.39 is 0 Å². The third-order valence-electron chi connectivity index (χ3n) is 8.93. The maximum Gasteiger partial charge on any atom is 0.255 e. The summed E-state index contributed by atoms with van der Waals surface area (Å²) in [5.41, 5.74) is 8.13. The number of carbonyl (C=O) groups excluding carboxylic acids is 2. The van der Waals surface area contributed by atoms with E-state index in [1.807, 2.05) is 18.2 Å². The minimum Gasteiger partial charge on any atom is -0.490 e. The molecule has 1 spiro atoms. The highest BCUT2D eigenvalue weighted by Crippen LogP contribution is 2.50. The molecule has 2 saturated carbocycles. The molecule has 5 aliphatic rings. The lowest BCUT2D eigenvalue weighted by atomic mass is 9.61. The summed E-state index contributed by atoms with van der Waals surface area (Å²) >= 11 is 0. The SMILES string of the molecule is NC1=NC(=O)CCC1N1Cc2cc(O[C@@H]3CCCCC3C=NC3CC4(CCOCC4)C3)ccc2C1=O. The highest BCUT2D eigenvalue weighted by atomic mass is 16.5. The topological polar surface area (TPSA) is 107 Å². The Labute approximate surface area is 212 Å². The fourth-order valence-electron chi connectivity index (χ4n) is 6.75. The summed E-state index contributed by atoms with van der Waals surface area (Å²) in [6.45, 7) is 2.27. The van der Waals surface area contributed by atoms with Gasteiger partial charge in [-0.25, -0.2) is 0 Å². The van der Waals surface area contributed by atoms with Crippen LogP contribution in [-0.4, -0.2) is 60.2 Å². The fourth-order valence-corrected chi connectivity index (χ4v) is 6.75. The molecule has 8 heteroatoms. The molecule has 0 bridgehead atoms. The Kier molecular flexibility index (Phi) is 6.32. The molecule has 3 heterocycles. The van der Waals surface area contributed by atoms with E-state index in [4.69, 9.17) is 20.2 Å². The number of hydrogen-bond acceptors (Lipinski definition) is 6. The molecule has 0 radical (unpaired) electrons. The monoisotopic (exact) mass is 492 g/mol. The summed E-state index contributed by atoms with van der Waals surface area (Å²) < 4.78 is 12.0. The second-order valence-corrected chi connectivity index (χ2v) is 11.3. The maximum absolute atomic E-state index is 13.0. The number of aliphatic imine (C=N–C) groups is 2. The van der Waals surface area contributed by atoms with E-state index in [0.29, 0.717) is 42.3 Å². The van der Waals surface area contributed by atoms with Crippen LogP contribution in [0.2, 0.25) is 0 Å². The molecule has 36 heavy (non-hydrogen) atoms. The van der Waals surface area contributed by atoms with Gasteiger partial charge in [-0.2, -0.15) is 4.99 Å². The number of hydrogen-bond donors (Lipinski definition) is 1. The molecule has 0 aromatic heterocycles. The quantitative estimate of drug-likeness (QED) is 0.632. The van der Waals surface area contributed by atoms with E-state index in [9.17, 15) is 9.59 Å². The number of amidine groups is 1. The molecule has 2 unspecified atom stereocenters. The number of amides is 2. The molecule has 2 N–H and O–H groups in total. The van der Waals surface area contributed by atoms with Gasteiger partial charge in [0.2, 0.25) is 5.91 Å². The van der Waals surface area contributed by atoms with E-state index in [1.165, 1.54) is 32.1 Å². The summed E-state index contributed by atoms with van der Waals surface area (Å²) in [5.74, 6) is 1.10. The van der Waals surface area contributed by atoms with Gasteiger partial charge < -0.3 is 20.1 Å². The van der Waals surface area contributed by atoms with Gasteiger partial charge in [0.15, 0.2) is 0 Å². The standard InChI is InChI=1S/C28H36N4O4/c29-26-23(7-8-25(33)31-26)32-17-19-13-21(5-6-22(19)27(32)34)36-24-4-2-1-3-18(24)16-30-20-14-28(15-20)9-11-35-12-10-28/h5-6,13,16,18,20,23-24H,1-4,7-12,14-15,17H2,(H2,29,31,33)/t18?,23?,24-/m1/s1. The van der Waals surface area contributed by atoms with Crippen molar-refractivity contribution in [3.8, 4) is 5.75 Å². The van der Waals surface area contributed by atoms with Crippen LogP contribution >= 0.6 is 0 Å². The smallest absolute Gasteiger partial charge is 0.255 e. The Hall–Kier alpha value is -2.74. The third-order valence-corrected chi connectivity index (χ3v) is 8.93. The minimum absolute atomic E-state index is 0.0560. The molecule has 2 aliphatic carbocycles. The van der Waals surface area contributed by atoms with E-state index in [1.54, 1.807) is 4.90 Å². The first-order chi connectivity index (χ1) is 17.5. The van der Waals surface area contributed by atoms with E-state index in [2.05, 4.69) is 11.2 Å². The zero-order valence-corrected chi connectivity index (χ0v) is 20.9. The van der Waals surface area contributed by atoms with Crippen molar-refractivity contribution in [1.29, 1.82) is 0 Å². The third kappa shape index (κ3) is 4.56. The van der Waals surface area contributed by atoms with Crippen molar-refractivity contribution in [1.82, 2.24) is 4.90 Å². The highest BCUT2D eigenvalue weighted by molar-refractivity contribution is 6.05. The minimum atomic E-state index is -0.322. The molecule has 1 aromatic carbocycles. The van der Waals surface area contributed by atoms with E-state index >= 15 is 0 Å². The number of rotatable bonds is 5. The zero-order valence-electron chi connectivity index (χ0n) is 20.9. The number of fused-ring (bicyclic) bond motifs is 1. The van der Waals surface area contributed by atoms with Gasteiger partial charge in [-0.05, 0) is 80.5 Å². The largest absolute Gasteiger partial charge is 0.490 e. The molecule has 6 rings (SSSR count). The van der Waals surface area contributed by atoms with Crippen LogP contribution in [0.25, 0.3) is 0 Å². The van der Waals surface area contributed by atoms with Gasteiger partial charge in [-0.1, -0.05) is 6.42 Å². The Morgan fingerprint density at radius 2 is 1.94 bits per heavy atom.